The lowest BCUT2D eigenvalue weighted by molar-refractivity contribution is 0.0577. The summed E-state index contributed by atoms with van der Waals surface area (Å²) in [4.78, 5) is 0.198. The zero-order chi connectivity index (χ0) is 17.8. The van der Waals surface area contributed by atoms with Crippen molar-refractivity contribution in [2.24, 2.45) is 5.41 Å². The number of hydrogen-bond acceptors (Lipinski definition) is 5. The first-order chi connectivity index (χ1) is 11.3. The van der Waals surface area contributed by atoms with Crippen LogP contribution in [0.1, 0.15) is 24.0 Å². The Bertz CT molecular complexity index is 668. The third-order valence-corrected chi connectivity index (χ3v) is 6.04. The lowest BCUT2D eigenvalue weighted by Crippen LogP contribution is -2.47. The SMILES string of the molecule is COCC1(CNS(=O)(=O)c2cc(C)cc(C)c2OC)CCNCC1.Cl. The predicted molar refractivity (Wildman–Crippen MR) is 101 cm³/mol. The molecule has 144 valence electrons. The number of ether oxygens (including phenoxy) is 2. The Morgan fingerprint density at radius 2 is 1.84 bits per heavy atom. The van der Waals surface area contributed by atoms with E-state index in [1.165, 1.54) is 7.11 Å². The molecule has 1 aliphatic heterocycles. The van der Waals surface area contributed by atoms with Crippen LogP contribution in [0.5, 0.6) is 5.75 Å². The predicted octanol–water partition coefficient (Wildman–Crippen LogP) is 2.03. The van der Waals surface area contributed by atoms with E-state index < -0.39 is 10.0 Å². The molecule has 0 saturated carbocycles. The van der Waals surface area contributed by atoms with Crippen LogP contribution in [0, 0.1) is 19.3 Å². The molecule has 2 N–H and O–H groups in total. The van der Waals surface area contributed by atoms with Crippen LogP contribution in [0.4, 0.5) is 0 Å². The molecule has 25 heavy (non-hydrogen) atoms. The van der Waals surface area contributed by atoms with Crippen molar-refractivity contribution in [3.05, 3.63) is 23.3 Å². The number of hydrogen-bond donors (Lipinski definition) is 2. The Hall–Kier alpha value is -0.860. The molecule has 0 spiro atoms. The zero-order valence-corrected chi connectivity index (χ0v) is 17.0. The Morgan fingerprint density at radius 1 is 1.20 bits per heavy atom. The fourth-order valence-corrected chi connectivity index (χ4v) is 4.82. The van der Waals surface area contributed by atoms with Crippen molar-refractivity contribution in [1.82, 2.24) is 10.0 Å². The van der Waals surface area contributed by atoms with Gasteiger partial charge in [0.1, 0.15) is 10.6 Å². The number of piperidine rings is 1. The normalized spacial score (nSPS) is 17.0. The Balaban J connectivity index is 0.00000312. The van der Waals surface area contributed by atoms with Gasteiger partial charge >= 0.3 is 0 Å². The molecule has 1 aromatic carbocycles. The molecule has 8 heteroatoms. The molecule has 2 rings (SSSR count). The van der Waals surface area contributed by atoms with Crippen molar-refractivity contribution in [3.63, 3.8) is 0 Å². The summed E-state index contributed by atoms with van der Waals surface area (Å²) in [6.45, 7) is 6.38. The average Bonchev–Trinajstić information content (AvgIpc) is 2.54. The summed E-state index contributed by atoms with van der Waals surface area (Å²) < 4.78 is 39.2. The van der Waals surface area contributed by atoms with E-state index in [9.17, 15) is 8.42 Å². The van der Waals surface area contributed by atoms with Crippen LogP contribution in [0.3, 0.4) is 0 Å². The minimum Gasteiger partial charge on any atom is -0.495 e. The third kappa shape index (κ3) is 5.31. The Morgan fingerprint density at radius 3 is 2.40 bits per heavy atom. The molecule has 1 fully saturated rings. The van der Waals surface area contributed by atoms with Crippen LogP contribution in [0.2, 0.25) is 0 Å². The largest absolute Gasteiger partial charge is 0.495 e. The molecule has 1 saturated heterocycles. The first-order valence-electron chi connectivity index (χ1n) is 8.18. The molecule has 0 aromatic heterocycles. The molecule has 0 bridgehead atoms. The van der Waals surface area contributed by atoms with Crippen molar-refractivity contribution in [2.75, 3.05) is 40.5 Å². The number of benzene rings is 1. The third-order valence-electron chi connectivity index (χ3n) is 4.63. The second-order valence-electron chi connectivity index (χ2n) is 6.62. The molecule has 1 aromatic rings. The quantitative estimate of drug-likeness (QED) is 0.742. The van der Waals surface area contributed by atoms with E-state index in [0.29, 0.717) is 18.9 Å². The molecule has 0 radical (unpaired) electrons. The smallest absolute Gasteiger partial charge is 0.244 e. The Kier molecular flexibility index (Phi) is 8.15. The van der Waals surface area contributed by atoms with Crippen LogP contribution in [0.15, 0.2) is 17.0 Å². The highest BCUT2D eigenvalue weighted by Crippen LogP contribution is 2.31. The monoisotopic (exact) mass is 392 g/mol. The summed E-state index contributed by atoms with van der Waals surface area (Å²) in [6.07, 6.45) is 1.76. The van der Waals surface area contributed by atoms with Crippen molar-refractivity contribution in [2.45, 2.75) is 31.6 Å². The van der Waals surface area contributed by atoms with Gasteiger partial charge in [-0.05, 0) is 57.0 Å². The highest BCUT2D eigenvalue weighted by Gasteiger charge is 2.34. The molecule has 0 amide bonds. The van der Waals surface area contributed by atoms with Crippen LogP contribution >= 0.6 is 12.4 Å². The van der Waals surface area contributed by atoms with Crippen LogP contribution < -0.4 is 14.8 Å². The lowest BCUT2D eigenvalue weighted by Gasteiger charge is -2.37. The van der Waals surface area contributed by atoms with E-state index in [4.69, 9.17) is 9.47 Å². The zero-order valence-electron chi connectivity index (χ0n) is 15.3. The van der Waals surface area contributed by atoms with Gasteiger partial charge in [-0.1, -0.05) is 6.07 Å². The number of aryl methyl sites for hydroxylation is 2. The topological polar surface area (TPSA) is 76.7 Å². The molecule has 1 heterocycles. The van der Waals surface area contributed by atoms with Gasteiger partial charge in [0.15, 0.2) is 0 Å². The maximum absolute atomic E-state index is 12.9. The van der Waals surface area contributed by atoms with Gasteiger partial charge in [-0.2, -0.15) is 0 Å². The summed E-state index contributed by atoms with van der Waals surface area (Å²) in [5, 5.41) is 3.31. The summed E-state index contributed by atoms with van der Waals surface area (Å²) >= 11 is 0. The van der Waals surface area contributed by atoms with E-state index in [-0.39, 0.29) is 22.7 Å². The standard InChI is InChI=1S/C17H28N2O4S.ClH/c1-13-9-14(2)16(23-4)15(10-13)24(20,21)19-11-17(12-22-3)5-7-18-8-6-17;/h9-10,18-19H,5-8,11-12H2,1-4H3;1H. The van der Waals surface area contributed by atoms with Gasteiger partial charge in [0.05, 0.1) is 13.7 Å². The Labute approximate surface area is 157 Å². The minimum absolute atomic E-state index is 0. The average molecular weight is 393 g/mol. The van der Waals surface area contributed by atoms with Crippen molar-refractivity contribution in [3.8, 4) is 5.75 Å². The maximum Gasteiger partial charge on any atom is 0.244 e. The van der Waals surface area contributed by atoms with E-state index >= 15 is 0 Å². The summed E-state index contributed by atoms with van der Waals surface area (Å²) in [6, 6.07) is 3.57. The molecule has 0 unspecified atom stereocenters. The van der Waals surface area contributed by atoms with Crippen LogP contribution in [-0.2, 0) is 14.8 Å². The minimum atomic E-state index is -3.65. The van der Waals surface area contributed by atoms with E-state index in [2.05, 4.69) is 10.0 Å². The maximum atomic E-state index is 12.9. The number of nitrogens with one attached hydrogen (secondary N) is 2. The molecule has 1 aliphatic rings. The fourth-order valence-electron chi connectivity index (χ4n) is 3.34. The second-order valence-corrected chi connectivity index (χ2v) is 8.36. The summed E-state index contributed by atoms with van der Waals surface area (Å²) in [7, 11) is -0.501. The highest BCUT2D eigenvalue weighted by molar-refractivity contribution is 7.89. The van der Waals surface area contributed by atoms with Crippen LogP contribution in [0.25, 0.3) is 0 Å². The summed E-state index contributed by atoms with van der Waals surface area (Å²) in [5.74, 6) is 0.402. The molecular weight excluding hydrogens is 364 g/mol. The van der Waals surface area contributed by atoms with Crippen molar-refractivity contribution >= 4 is 22.4 Å². The van der Waals surface area contributed by atoms with E-state index in [0.717, 1.165) is 37.1 Å². The van der Waals surface area contributed by atoms with Gasteiger partial charge in [0.25, 0.3) is 0 Å². The van der Waals surface area contributed by atoms with Gasteiger partial charge in [0, 0.05) is 19.1 Å². The number of halogens is 1. The van der Waals surface area contributed by atoms with E-state index in [1.807, 2.05) is 19.9 Å². The number of methoxy groups -OCH3 is 2. The van der Waals surface area contributed by atoms with Crippen molar-refractivity contribution < 1.29 is 17.9 Å². The first kappa shape index (κ1) is 22.2. The summed E-state index contributed by atoms with van der Waals surface area (Å²) in [5.41, 5.74) is 1.53. The van der Waals surface area contributed by atoms with Gasteiger partial charge in [0.2, 0.25) is 10.0 Å². The molecular formula is C17H29ClN2O4S. The number of rotatable bonds is 7. The van der Waals surface area contributed by atoms with E-state index in [1.54, 1.807) is 13.2 Å². The van der Waals surface area contributed by atoms with Gasteiger partial charge in [-0.3, -0.25) is 0 Å². The van der Waals surface area contributed by atoms with Crippen molar-refractivity contribution in [1.29, 1.82) is 0 Å². The highest BCUT2D eigenvalue weighted by atomic mass is 35.5. The fraction of sp³-hybridized carbons (Fsp3) is 0.647. The molecule has 0 atom stereocenters. The molecule has 0 aliphatic carbocycles. The van der Waals surface area contributed by atoms with Crippen LogP contribution in [-0.4, -0.2) is 48.9 Å². The number of sulfonamides is 1. The second kappa shape index (κ2) is 9.19. The van der Waals surface area contributed by atoms with Gasteiger partial charge in [-0.15, -0.1) is 12.4 Å². The van der Waals surface area contributed by atoms with Gasteiger partial charge in [-0.25, -0.2) is 13.1 Å². The lowest BCUT2D eigenvalue weighted by atomic mass is 9.80. The molecule has 6 nitrogen and oxygen atoms in total. The van der Waals surface area contributed by atoms with Gasteiger partial charge < -0.3 is 14.8 Å². The first-order valence-corrected chi connectivity index (χ1v) is 9.66.